The minimum atomic E-state index is -0.807. The molecule has 9 atom stereocenters. The van der Waals surface area contributed by atoms with Crippen molar-refractivity contribution >= 4 is 70.4 Å². The monoisotopic (exact) mass is 1360 g/mol. The van der Waals surface area contributed by atoms with Crippen LogP contribution in [0.1, 0.15) is 40.0 Å². The van der Waals surface area contributed by atoms with Gasteiger partial charge >= 0.3 is 5.97 Å². The van der Waals surface area contributed by atoms with Gasteiger partial charge in [0, 0.05) is 135 Å². The lowest BCUT2D eigenvalue weighted by Crippen LogP contribution is -2.56. The molecule has 6 aromatic rings. The van der Waals surface area contributed by atoms with E-state index in [1.165, 1.54) is 0 Å². The van der Waals surface area contributed by atoms with Crippen LogP contribution in [-0.2, 0) is 28.6 Å². The molecule has 0 saturated carbocycles. The number of carbonyl (C=O) groups is 3. The van der Waals surface area contributed by atoms with Gasteiger partial charge in [-0.3, -0.25) is 29.1 Å². The first-order chi connectivity index (χ1) is 45.3. The van der Waals surface area contributed by atoms with E-state index in [0.717, 1.165) is 40.2 Å². The summed E-state index contributed by atoms with van der Waals surface area (Å²) >= 11 is 17.9. The third kappa shape index (κ3) is 21.0. The molecule has 0 aliphatic carbocycles. The number of nitrogens with one attached hydrogen (secondary N) is 2. The van der Waals surface area contributed by atoms with Crippen LogP contribution in [0.15, 0.2) is 91.4 Å². The van der Waals surface area contributed by atoms with E-state index in [9.17, 15) is 24.6 Å². The van der Waals surface area contributed by atoms with E-state index in [2.05, 4.69) is 89.6 Å². The van der Waals surface area contributed by atoms with Crippen LogP contribution < -0.4 is 31.1 Å². The SMILES string of the molecule is C[C@@H]1CN(c2nncc(-c3ccc(Cl)cc3)n2)CCN1CC(=O)N[C@H]1CCOC[C@H]1O.C[C@@H]1CN(c2nncc(-c3ccc(Cl)cc3)n2)CCN1CC(=O)N[C@H]1CCOC[C@H]1O.C[C@@H]1CN(c2nncc(-c3ccc(Cl)cc3)n2)CCN1CC(=O)O.N[C@@H]1CCOC[C@H]1O. The summed E-state index contributed by atoms with van der Waals surface area (Å²) in [5.41, 5.74) is 10.4. The van der Waals surface area contributed by atoms with Crippen molar-refractivity contribution in [2.24, 2.45) is 5.73 Å². The molecule has 9 heterocycles. The Morgan fingerprint density at radius 2 is 0.809 bits per heavy atom. The Kier molecular flexibility index (Phi) is 26.6. The molecule has 2 amide bonds. The molecule has 31 heteroatoms. The van der Waals surface area contributed by atoms with Crippen LogP contribution in [0.2, 0.25) is 15.1 Å². The molecular formula is C63H83Cl3N18O10. The van der Waals surface area contributed by atoms with Crippen molar-refractivity contribution in [1.29, 1.82) is 0 Å². The summed E-state index contributed by atoms with van der Waals surface area (Å²) in [6.45, 7) is 15.7. The van der Waals surface area contributed by atoms with Crippen molar-refractivity contribution in [2.75, 3.05) is 133 Å². The maximum atomic E-state index is 12.5. The second-order valence-corrected chi connectivity index (χ2v) is 25.2. The number of aliphatic carboxylic acids is 1. The Morgan fingerprint density at radius 3 is 1.10 bits per heavy atom. The van der Waals surface area contributed by atoms with Crippen LogP contribution in [0, 0.1) is 0 Å². The van der Waals surface area contributed by atoms with Crippen LogP contribution in [-0.4, -0.2) is 271 Å². The van der Waals surface area contributed by atoms with Crippen molar-refractivity contribution in [3.8, 4) is 33.8 Å². The fourth-order valence-corrected chi connectivity index (χ4v) is 11.7. The number of aliphatic hydroxyl groups is 3. The normalized spacial score (nSPS) is 24.4. The van der Waals surface area contributed by atoms with Crippen molar-refractivity contribution in [2.45, 2.75) is 94.6 Å². The van der Waals surface area contributed by atoms with E-state index < -0.39 is 24.3 Å². The van der Waals surface area contributed by atoms with Crippen LogP contribution >= 0.6 is 34.8 Å². The van der Waals surface area contributed by atoms with Gasteiger partial charge in [0.25, 0.3) is 0 Å². The predicted octanol–water partition coefficient (Wildman–Crippen LogP) is 2.82. The fraction of sp³-hybridized carbons (Fsp3) is 0.524. The van der Waals surface area contributed by atoms with E-state index >= 15 is 0 Å². The number of aromatic nitrogens is 9. The molecule has 94 heavy (non-hydrogen) atoms. The number of rotatable bonds is 14. The molecule has 0 bridgehead atoms. The van der Waals surface area contributed by atoms with Gasteiger partial charge in [0.05, 0.1) is 106 Å². The van der Waals surface area contributed by atoms with Crippen LogP contribution in [0.4, 0.5) is 17.8 Å². The summed E-state index contributed by atoms with van der Waals surface area (Å²) in [6.07, 6.45) is 5.20. The molecule has 28 nitrogen and oxygen atoms in total. The average Bonchev–Trinajstić information content (AvgIpc) is 1.25. The first kappa shape index (κ1) is 71.3. The zero-order valence-corrected chi connectivity index (χ0v) is 55.1. The predicted molar refractivity (Wildman–Crippen MR) is 354 cm³/mol. The molecule has 8 N–H and O–H groups in total. The second-order valence-electron chi connectivity index (χ2n) is 23.9. The van der Waals surface area contributed by atoms with E-state index in [0.29, 0.717) is 144 Å². The standard InChI is InChI=1S/2C21H27ClN6O3.C16H18ClN5O2.C5H11NO2/c2*1-14-11-28(21-25-18(10-23-26-21)15-2-4-16(22)5-3-15)8-7-27(14)12-20(30)24-17-6-9-31-13-19(17)29;1-11-9-22(7-6-21(11)10-15(23)24)16-19-14(8-18-20-16)12-2-4-13(17)5-3-12;6-4-1-2-8-3-5(4)7/h2*2-5,10,14,17,19,29H,6-9,11-13H2,1H3,(H,24,30);2-5,8,11H,6-7,9-10H2,1H3,(H,23,24);4-5,7H,1-3,6H2/t2*14-,17+,19-;11-;4-,5-/m1111/s1. The number of carboxylic acid groups (broad SMARTS) is 1. The third-order valence-corrected chi connectivity index (χ3v) is 17.7. The van der Waals surface area contributed by atoms with Gasteiger partial charge in [0.2, 0.25) is 29.7 Å². The number of benzene rings is 3. The van der Waals surface area contributed by atoms with Crippen molar-refractivity contribution in [1.82, 2.24) is 70.9 Å². The molecular weight excluding hydrogens is 1280 g/mol. The zero-order chi connectivity index (χ0) is 66.7. The van der Waals surface area contributed by atoms with Gasteiger partial charge in [-0.05, 0) is 76.4 Å². The molecule has 6 fully saturated rings. The van der Waals surface area contributed by atoms with Crippen LogP contribution in [0.25, 0.3) is 33.8 Å². The lowest BCUT2D eigenvalue weighted by atomic mass is 10.1. The highest BCUT2D eigenvalue weighted by atomic mass is 35.5. The maximum Gasteiger partial charge on any atom is 0.317 e. The number of carboxylic acids is 1. The van der Waals surface area contributed by atoms with Gasteiger partial charge in [-0.1, -0.05) is 71.2 Å². The van der Waals surface area contributed by atoms with E-state index in [1.807, 2.05) is 89.5 Å². The Labute approximate surface area is 561 Å². The number of nitrogens with two attached hydrogens (primary N) is 1. The summed E-state index contributed by atoms with van der Waals surface area (Å²) in [4.78, 5) is 62.2. The molecule has 506 valence electrons. The number of aliphatic hydroxyl groups excluding tert-OH is 3. The summed E-state index contributed by atoms with van der Waals surface area (Å²) < 4.78 is 15.4. The number of halogens is 3. The molecule has 0 radical (unpaired) electrons. The number of carbonyl (C=O) groups excluding carboxylic acids is 2. The highest BCUT2D eigenvalue weighted by Crippen LogP contribution is 2.26. The second kappa shape index (κ2) is 35.1. The number of piperazine rings is 3. The quantitative estimate of drug-likeness (QED) is 0.0824. The number of nitrogens with zero attached hydrogens (tertiary/aromatic N) is 15. The first-order valence-electron chi connectivity index (χ1n) is 31.5. The number of hydrogen-bond donors (Lipinski definition) is 7. The van der Waals surface area contributed by atoms with Gasteiger partial charge in [-0.15, -0.1) is 15.3 Å². The summed E-state index contributed by atoms with van der Waals surface area (Å²) in [6, 6.07) is 22.2. The van der Waals surface area contributed by atoms with E-state index in [-0.39, 0.29) is 67.8 Å². The number of hydrogen-bond acceptors (Lipinski definition) is 25. The summed E-state index contributed by atoms with van der Waals surface area (Å²) in [7, 11) is 0. The van der Waals surface area contributed by atoms with Crippen molar-refractivity contribution < 1.29 is 49.0 Å². The zero-order valence-electron chi connectivity index (χ0n) is 52.9. The summed E-state index contributed by atoms with van der Waals surface area (Å²) in [5.74, 6) is 0.757. The van der Waals surface area contributed by atoms with Crippen LogP contribution in [0.5, 0.6) is 0 Å². The van der Waals surface area contributed by atoms with Gasteiger partial charge in [-0.25, -0.2) is 15.0 Å². The number of ether oxygens (including phenoxy) is 3. The molecule has 3 aromatic heterocycles. The van der Waals surface area contributed by atoms with Gasteiger partial charge < -0.3 is 65.7 Å². The number of amides is 2. The van der Waals surface area contributed by atoms with E-state index in [4.69, 9.17) is 65.0 Å². The Hall–Kier alpha value is -7.03. The topological polar surface area (TPSA) is 345 Å². The van der Waals surface area contributed by atoms with E-state index in [1.54, 1.807) is 18.6 Å². The smallest absolute Gasteiger partial charge is 0.317 e. The minimum absolute atomic E-state index is 0.0545. The first-order valence-corrected chi connectivity index (χ1v) is 32.6. The largest absolute Gasteiger partial charge is 0.480 e. The lowest BCUT2D eigenvalue weighted by Gasteiger charge is -2.39. The highest BCUT2D eigenvalue weighted by Gasteiger charge is 2.33. The maximum absolute atomic E-state index is 12.5. The Morgan fingerprint density at radius 1 is 0.489 bits per heavy atom. The average molecular weight is 1360 g/mol. The summed E-state index contributed by atoms with van der Waals surface area (Å²) in [5, 5.41) is 70.6. The van der Waals surface area contributed by atoms with Gasteiger partial charge in [0.15, 0.2) is 0 Å². The number of anilines is 3. The van der Waals surface area contributed by atoms with Crippen molar-refractivity contribution in [3.63, 3.8) is 0 Å². The van der Waals surface area contributed by atoms with Crippen molar-refractivity contribution in [3.05, 3.63) is 106 Å². The lowest BCUT2D eigenvalue weighted by molar-refractivity contribution is -0.139. The van der Waals surface area contributed by atoms with Gasteiger partial charge in [0.1, 0.15) is 0 Å². The molecule has 12 rings (SSSR count). The molecule has 6 saturated heterocycles. The Bertz CT molecular complexity index is 3220. The minimum Gasteiger partial charge on any atom is -0.480 e. The molecule has 0 unspecified atom stereocenters. The molecule has 3 aromatic carbocycles. The fourth-order valence-electron chi connectivity index (χ4n) is 11.4. The molecule has 0 spiro atoms. The molecule has 6 aliphatic heterocycles. The third-order valence-electron chi connectivity index (χ3n) is 17.0. The van der Waals surface area contributed by atoms with Gasteiger partial charge in [-0.2, -0.15) is 15.3 Å². The Balaban J connectivity index is 0.000000157. The highest BCUT2D eigenvalue weighted by molar-refractivity contribution is 6.31. The molecule has 6 aliphatic rings. The van der Waals surface area contributed by atoms with Crippen LogP contribution in [0.3, 0.4) is 0 Å².